The molecule has 2 amide bonds. The number of amides is 2. The number of ketones is 1. The fraction of sp³-hybridized carbons (Fsp3) is 0.444. The van der Waals surface area contributed by atoms with Crippen molar-refractivity contribution in [3.63, 3.8) is 0 Å². The summed E-state index contributed by atoms with van der Waals surface area (Å²) in [6, 6.07) is 13.0. The number of nitrogens with zero attached hydrogens (tertiary/aromatic N) is 2. The number of anilines is 1. The van der Waals surface area contributed by atoms with Gasteiger partial charge in [-0.25, -0.2) is 8.42 Å². The number of benzene rings is 2. The molecule has 0 heterocycles. The highest BCUT2D eigenvalue weighted by Crippen LogP contribution is 2.21. The highest BCUT2D eigenvalue weighted by Gasteiger charge is 2.31. The van der Waals surface area contributed by atoms with E-state index in [1.807, 2.05) is 45.0 Å². The molecular formula is C27H37N3O5S. The summed E-state index contributed by atoms with van der Waals surface area (Å²) in [7, 11) is -3.86. The van der Waals surface area contributed by atoms with Crippen LogP contribution in [-0.4, -0.2) is 56.3 Å². The summed E-state index contributed by atoms with van der Waals surface area (Å²) in [5.41, 5.74) is 2.45. The number of rotatable bonds is 13. The number of aryl methyl sites for hydroxylation is 1. The van der Waals surface area contributed by atoms with Crippen molar-refractivity contribution in [1.29, 1.82) is 0 Å². The molecule has 196 valence electrons. The first-order valence-electron chi connectivity index (χ1n) is 12.2. The van der Waals surface area contributed by atoms with E-state index in [-0.39, 0.29) is 23.9 Å². The zero-order valence-electron chi connectivity index (χ0n) is 21.8. The number of nitrogens with one attached hydrogen (secondary N) is 1. The number of carbonyl (C=O) groups is 3. The molecule has 0 aliphatic carbocycles. The van der Waals surface area contributed by atoms with Crippen LogP contribution in [0.4, 0.5) is 5.69 Å². The minimum absolute atomic E-state index is 0.157. The summed E-state index contributed by atoms with van der Waals surface area (Å²) >= 11 is 0. The third-order valence-electron chi connectivity index (χ3n) is 5.91. The van der Waals surface area contributed by atoms with Crippen molar-refractivity contribution in [3.8, 4) is 0 Å². The van der Waals surface area contributed by atoms with Gasteiger partial charge in [-0.3, -0.25) is 18.7 Å². The van der Waals surface area contributed by atoms with Gasteiger partial charge in [-0.2, -0.15) is 0 Å². The maximum atomic E-state index is 13.7. The van der Waals surface area contributed by atoms with Gasteiger partial charge in [0, 0.05) is 18.7 Å². The molecule has 36 heavy (non-hydrogen) atoms. The number of hydrogen-bond donors (Lipinski definition) is 1. The number of unbranched alkanes of at least 4 members (excludes halogenated alkanes) is 1. The summed E-state index contributed by atoms with van der Waals surface area (Å²) in [5, 5.41) is 2.90. The second kappa shape index (κ2) is 13.2. The van der Waals surface area contributed by atoms with Crippen LogP contribution in [-0.2, 0) is 26.2 Å². The molecule has 2 aromatic carbocycles. The van der Waals surface area contributed by atoms with Gasteiger partial charge >= 0.3 is 0 Å². The van der Waals surface area contributed by atoms with Crippen molar-refractivity contribution in [2.45, 2.75) is 59.5 Å². The predicted octanol–water partition coefficient (Wildman–Crippen LogP) is 3.69. The number of carbonyl (C=O) groups excluding carboxylic acids is 3. The molecule has 0 aromatic heterocycles. The molecule has 0 saturated carbocycles. The summed E-state index contributed by atoms with van der Waals surface area (Å²) in [6.45, 7) is 7.37. The van der Waals surface area contributed by atoms with E-state index in [9.17, 15) is 22.8 Å². The Hall–Kier alpha value is -3.20. The molecule has 0 spiro atoms. The van der Waals surface area contributed by atoms with Crippen molar-refractivity contribution in [1.82, 2.24) is 10.2 Å². The van der Waals surface area contributed by atoms with Gasteiger partial charge in [0.15, 0.2) is 5.78 Å². The molecule has 9 heteroatoms. The topological polar surface area (TPSA) is 104 Å². The first-order chi connectivity index (χ1) is 17.0. The smallest absolute Gasteiger partial charge is 0.244 e. The predicted molar refractivity (Wildman–Crippen MR) is 142 cm³/mol. The molecule has 0 aliphatic heterocycles. The van der Waals surface area contributed by atoms with Crippen molar-refractivity contribution in [3.05, 3.63) is 65.2 Å². The van der Waals surface area contributed by atoms with Crippen LogP contribution in [0.2, 0.25) is 0 Å². The molecule has 0 fully saturated rings. The SMILES string of the molecule is CCCCNC(=O)C(CC)N(Cc1ccc(C)cc1)C(=O)CN(c1cccc(C(C)=O)c1)S(C)(=O)=O. The van der Waals surface area contributed by atoms with E-state index < -0.39 is 28.5 Å². The van der Waals surface area contributed by atoms with Gasteiger partial charge in [-0.15, -0.1) is 0 Å². The quantitative estimate of drug-likeness (QED) is 0.324. The van der Waals surface area contributed by atoms with Crippen LogP contribution in [0.15, 0.2) is 48.5 Å². The Morgan fingerprint density at radius 3 is 2.25 bits per heavy atom. The first kappa shape index (κ1) is 29.0. The fourth-order valence-electron chi connectivity index (χ4n) is 3.81. The normalized spacial score (nSPS) is 12.0. The lowest BCUT2D eigenvalue weighted by molar-refractivity contribution is -0.140. The van der Waals surface area contributed by atoms with Crippen LogP contribution in [0.5, 0.6) is 0 Å². The summed E-state index contributed by atoms with van der Waals surface area (Å²) in [4.78, 5) is 40.0. The molecule has 0 aliphatic rings. The van der Waals surface area contributed by atoms with Crippen LogP contribution in [0.25, 0.3) is 0 Å². The van der Waals surface area contributed by atoms with Gasteiger partial charge < -0.3 is 10.2 Å². The van der Waals surface area contributed by atoms with Crippen molar-refractivity contribution in [2.24, 2.45) is 0 Å². The van der Waals surface area contributed by atoms with E-state index in [4.69, 9.17) is 0 Å². The van der Waals surface area contributed by atoms with Gasteiger partial charge in [0.25, 0.3) is 0 Å². The Labute approximate surface area is 214 Å². The average Bonchev–Trinajstić information content (AvgIpc) is 2.83. The zero-order chi connectivity index (χ0) is 26.9. The molecule has 1 unspecified atom stereocenters. The molecule has 1 N–H and O–H groups in total. The number of Topliss-reactive ketones (excluding diaryl/α,β-unsaturated/α-hetero) is 1. The third-order valence-corrected chi connectivity index (χ3v) is 7.05. The second-order valence-electron chi connectivity index (χ2n) is 8.95. The minimum atomic E-state index is -3.86. The molecule has 0 radical (unpaired) electrons. The number of sulfonamides is 1. The lowest BCUT2D eigenvalue weighted by Crippen LogP contribution is -2.52. The molecule has 8 nitrogen and oxygen atoms in total. The van der Waals surface area contributed by atoms with Gasteiger partial charge in [0.1, 0.15) is 12.6 Å². The molecular weight excluding hydrogens is 478 g/mol. The largest absolute Gasteiger partial charge is 0.354 e. The van der Waals surface area contributed by atoms with E-state index >= 15 is 0 Å². The van der Waals surface area contributed by atoms with Gasteiger partial charge in [0.05, 0.1) is 11.9 Å². The highest BCUT2D eigenvalue weighted by atomic mass is 32.2. The molecule has 0 bridgehead atoms. The number of hydrogen-bond acceptors (Lipinski definition) is 5. The lowest BCUT2D eigenvalue weighted by Gasteiger charge is -2.33. The van der Waals surface area contributed by atoms with Gasteiger partial charge in [-0.05, 0) is 44.4 Å². The van der Waals surface area contributed by atoms with E-state index in [0.29, 0.717) is 18.5 Å². The van der Waals surface area contributed by atoms with E-state index in [1.54, 1.807) is 18.2 Å². The summed E-state index contributed by atoms with van der Waals surface area (Å²) in [6.07, 6.45) is 3.13. The van der Waals surface area contributed by atoms with E-state index in [2.05, 4.69) is 5.32 Å². The van der Waals surface area contributed by atoms with Crippen LogP contribution < -0.4 is 9.62 Å². The Kier molecular flexibility index (Phi) is 10.6. The molecule has 2 rings (SSSR count). The molecule has 1 atom stereocenters. The zero-order valence-corrected chi connectivity index (χ0v) is 22.6. The van der Waals surface area contributed by atoms with E-state index in [1.165, 1.54) is 17.9 Å². The maximum Gasteiger partial charge on any atom is 0.244 e. The van der Waals surface area contributed by atoms with Crippen LogP contribution in [0.3, 0.4) is 0 Å². The van der Waals surface area contributed by atoms with Crippen LogP contribution in [0.1, 0.15) is 61.5 Å². The van der Waals surface area contributed by atoms with Gasteiger partial charge in [-0.1, -0.05) is 62.2 Å². The van der Waals surface area contributed by atoms with Crippen molar-refractivity contribution >= 4 is 33.3 Å². The second-order valence-corrected chi connectivity index (χ2v) is 10.9. The third kappa shape index (κ3) is 8.19. The lowest BCUT2D eigenvalue weighted by atomic mass is 10.1. The van der Waals surface area contributed by atoms with Crippen LogP contribution in [0, 0.1) is 6.92 Å². The Morgan fingerprint density at radius 1 is 1.03 bits per heavy atom. The minimum Gasteiger partial charge on any atom is -0.354 e. The summed E-state index contributed by atoms with van der Waals surface area (Å²) < 4.78 is 26.4. The monoisotopic (exact) mass is 515 g/mol. The Morgan fingerprint density at radius 2 is 1.69 bits per heavy atom. The van der Waals surface area contributed by atoms with Gasteiger partial charge in [0.2, 0.25) is 21.8 Å². The average molecular weight is 516 g/mol. The Balaban J connectivity index is 2.43. The standard InChI is InChI=1S/C27H37N3O5S/c1-6-8-16-28-27(33)25(7-2)29(18-22-14-12-20(3)13-15-22)26(32)19-30(36(5,34)35)24-11-9-10-23(17-24)21(4)31/h9-15,17,25H,6-8,16,18-19H2,1-5H3,(H,28,33). The van der Waals surface area contributed by atoms with Crippen molar-refractivity contribution in [2.75, 3.05) is 23.7 Å². The first-order valence-corrected chi connectivity index (χ1v) is 14.0. The maximum absolute atomic E-state index is 13.7. The highest BCUT2D eigenvalue weighted by molar-refractivity contribution is 7.92. The van der Waals surface area contributed by atoms with E-state index in [0.717, 1.165) is 34.5 Å². The fourth-order valence-corrected chi connectivity index (χ4v) is 4.65. The van der Waals surface area contributed by atoms with Crippen molar-refractivity contribution < 1.29 is 22.8 Å². The van der Waals surface area contributed by atoms with Crippen LogP contribution >= 0.6 is 0 Å². The Bertz CT molecular complexity index is 1160. The molecule has 0 saturated heterocycles. The molecule has 2 aromatic rings. The summed E-state index contributed by atoms with van der Waals surface area (Å²) in [5.74, 6) is -0.991.